The summed E-state index contributed by atoms with van der Waals surface area (Å²) < 4.78 is 5.77. The van der Waals surface area contributed by atoms with Gasteiger partial charge in [-0.3, -0.25) is 4.79 Å². The molecule has 0 radical (unpaired) electrons. The summed E-state index contributed by atoms with van der Waals surface area (Å²) in [6.07, 6.45) is 0. The van der Waals surface area contributed by atoms with Crippen molar-refractivity contribution in [2.75, 3.05) is 13.1 Å². The Balaban J connectivity index is 1.98. The number of amides is 1. The van der Waals surface area contributed by atoms with E-state index in [1.165, 1.54) is 0 Å². The monoisotopic (exact) mass is 220 g/mol. The van der Waals surface area contributed by atoms with Crippen LogP contribution in [-0.2, 0) is 11.3 Å². The van der Waals surface area contributed by atoms with Gasteiger partial charge in [0.1, 0.15) is 0 Å². The van der Waals surface area contributed by atoms with Crippen molar-refractivity contribution in [3.05, 3.63) is 35.4 Å². The van der Waals surface area contributed by atoms with Crippen molar-refractivity contribution in [1.29, 1.82) is 0 Å². The summed E-state index contributed by atoms with van der Waals surface area (Å²) in [7, 11) is 0. The van der Waals surface area contributed by atoms with E-state index >= 15 is 0 Å². The fourth-order valence-electron chi connectivity index (χ4n) is 1.65. The van der Waals surface area contributed by atoms with E-state index in [9.17, 15) is 4.79 Å². The Kier molecular flexibility index (Phi) is 2.94. The molecular weight excluding hydrogens is 204 g/mol. The highest BCUT2D eigenvalue weighted by Gasteiger charge is 2.32. The van der Waals surface area contributed by atoms with Gasteiger partial charge >= 0.3 is 0 Å². The zero-order valence-electron chi connectivity index (χ0n) is 9.32. The summed E-state index contributed by atoms with van der Waals surface area (Å²) in [5, 5.41) is 3.17. The van der Waals surface area contributed by atoms with Crippen LogP contribution in [0.15, 0.2) is 24.3 Å². The van der Waals surface area contributed by atoms with Crippen LogP contribution in [0, 0.1) is 0 Å². The summed E-state index contributed by atoms with van der Waals surface area (Å²) in [5.41, 5.74) is 6.65. The number of primary amides is 1. The number of rotatable bonds is 4. The van der Waals surface area contributed by atoms with Gasteiger partial charge in [0.2, 0.25) is 5.91 Å². The average molecular weight is 220 g/mol. The van der Waals surface area contributed by atoms with Gasteiger partial charge in [0.25, 0.3) is 0 Å². The number of hydrogen-bond donors (Lipinski definition) is 2. The summed E-state index contributed by atoms with van der Waals surface area (Å²) in [5.74, 6) is -0.404. The second kappa shape index (κ2) is 4.23. The number of hydrogen-bond acceptors (Lipinski definition) is 3. The minimum Gasteiger partial charge on any atom is -0.368 e. The third-order valence-electron chi connectivity index (χ3n) is 2.80. The highest BCUT2D eigenvalue weighted by Crippen LogP contribution is 2.18. The van der Waals surface area contributed by atoms with E-state index in [2.05, 4.69) is 12.2 Å². The molecule has 1 fully saturated rings. The first kappa shape index (κ1) is 11.1. The summed E-state index contributed by atoms with van der Waals surface area (Å²) in [6, 6.07) is 7.23. The molecule has 2 rings (SSSR count). The summed E-state index contributed by atoms with van der Waals surface area (Å²) in [4.78, 5) is 11.0. The molecule has 0 atom stereocenters. The molecule has 4 nitrogen and oxygen atoms in total. The fraction of sp³-hybridized carbons (Fsp3) is 0.417. The van der Waals surface area contributed by atoms with Crippen LogP contribution in [-0.4, -0.2) is 24.6 Å². The molecule has 0 aromatic heterocycles. The lowest BCUT2D eigenvalue weighted by Gasteiger charge is -2.39. The molecule has 0 unspecified atom stereocenters. The largest absolute Gasteiger partial charge is 0.368 e. The van der Waals surface area contributed by atoms with Crippen LogP contribution in [0.5, 0.6) is 0 Å². The molecule has 0 bridgehead atoms. The molecule has 0 aliphatic carbocycles. The van der Waals surface area contributed by atoms with Gasteiger partial charge < -0.3 is 15.8 Å². The standard InChI is InChI=1S/C12H16N2O2/c1-12(7-14-8-12)16-6-9-3-2-4-10(5-9)11(13)15/h2-5,14H,6-8H2,1H3,(H2,13,15). The maximum Gasteiger partial charge on any atom is 0.248 e. The van der Waals surface area contributed by atoms with Crippen LogP contribution in [0.25, 0.3) is 0 Å². The Bertz CT molecular complexity index is 400. The zero-order chi connectivity index (χ0) is 11.6. The van der Waals surface area contributed by atoms with Gasteiger partial charge in [-0.2, -0.15) is 0 Å². The lowest BCUT2D eigenvalue weighted by atomic mass is 10.00. The quantitative estimate of drug-likeness (QED) is 0.783. The Morgan fingerprint density at radius 3 is 2.88 bits per heavy atom. The third kappa shape index (κ3) is 2.40. The van der Waals surface area contributed by atoms with E-state index in [-0.39, 0.29) is 5.60 Å². The Morgan fingerprint density at radius 1 is 1.56 bits per heavy atom. The molecule has 0 spiro atoms. The number of carbonyl (C=O) groups is 1. The van der Waals surface area contributed by atoms with Crippen molar-refractivity contribution in [3.8, 4) is 0 Å². The predicted molar refractivity (Wildman–Crippen MR) is 61.0 cm³/mol. The van der Waals surface area contributed by atoms with Crippen LogP contribution in [0.1, 0.15) is 22.8 Å². The average Bonchev–Trinajstić information content (AvgIpc) is 2.24. The molecule has 1 saturated heterocycles. The number of nitrogens with two attached hydrogens (primary N) is 1. The molecule has 86 valence electrons. The van der Waals surface area contributed by atoms with Crippen molar-refractivity contribution >= 4 is 5.91 Å². The Labute approximate surface area is 94.8 Å². The normalized spacial score (nSPS) is 17.8. The fourth-order valence-corrected chi connectivity index (χ4v) is 1.65. The van der Waals surface area contributed by atoms with Gasteiger partial charge in [0.05, 0.1) is 12.2 Å². The number of carbonyl (C=O) groups excluding carboxylic acids is 1. The highest BCUT2D eigenvalue weighted by molar-refractivity contribution is 5.92. The molecule has 3 N–H and O–H groups in total. The molecule has 1 heterocycles. The smallest absolute Gasteiger partial charge is 0.248 e. The van der Waals surface area contributed by atoms with Gasteiger partial charge in [0, 0.05) is 18.7 Å². The zero-order valence-corrected chi connectivity index (χ0v) is 9.32. The van der Waals surface area contributed by atoms with Gasteiger partial charge in [-0.05, 0) is 24.6 Å². The highest BCUT2D eigenvalue weighted by atomic mass is 16.5. The maximum absolute atomic E-state index is 11.0. The molecule has 1 amide bonds. The summed E-state index contributed by atoms with van der Waals surface area (Å²) in [6.45, 7) is 4.34. The van der Waals surface area contributed by atoms with E-state index in [1.807, 2.05) is 12.1 Å². The first-order chi connectivity index (χ1) is 7.59. The number of ether oxygens (including phenoxy) is 1. The molecule has 0 saturated carbocycles. The van der Waals surface area contributed by atoms with Gasteiger partial charge in [-0.1, -0.05) is 12.1 Å². The van der Waals surface area contributed by atoms with Crippen LogP contribution in [0.2, 0.25) is 0 Å². The SMILES string of the molecule is CC1(OCc2cccc(C(N)=O)c2)CNC1. The molecule has 1 aliphatic heterocycles. The lowest BCUT2D eigenvalue weighted by molar-refractivity contribution is -0.0767. The number of benzene rings is 1. The Hall–Kier alpha value is -1.39. The van der Waals surface area contributed by atoms with E-state index in [1.54, 1.807) is 12.1 Å². The van der Waals surface area contributed by atoms with Crippen LogP contribution in [0.3, 0.4) is 0 Å². The van der Waals surface area contributed by atoms with E-state index in [0.29, 0.717) is 12.2 Å². The van der Waals surface area contributed by atoms with Gasteiger partial charge in [-0.15, -0.1) is 0 Å². The molecule has 4 heteroatoms. The van der Waals surface area contributed by atoms with E-state index < -0.39 is 5.91 Å². The Morgan fingerprint density at radius 2 is 2.31 bits per heavy atom. The first-order valence-electron chi connectivity index (χ1n) is 5.32. The molecule has 1 aliphatic rings. The second-order valence-corrected chi connectivity index (χ2v) is 4.41. The minimum atomic E-state index is -0.404. The van der Waals surface area contributed by atoms with Crippen molar-refractivity contribution in [3.63, 3.8) is 0 Å². The van der Waals surface area contributed by atoms with Crippen molar-refractivity contribution < 1.29 is 9.53 Å². The van der Waals surface area contributed by atoms with Gasteiger partial charge in [-0.25, -0.2) is 0 Å². The van der Waals surface area contributed by atoms with Crippen molar-refractivity contribution in [2.45, 2.75) is 19.1 Å². The second-order valence-electron chi connectivity index (χ2n) is 4.41. The lowest BCUT2D eigenvalue weighted by Crippen LogP contribution is -2.58. The maximum atomic E-state index is 11.0. The van der Waals surface area contributed by atoms with Crippen LogP contribution in [0.4, 0.5) is 0 Å². The topological polar surface area (TPSA) is 64.3 Å². The molecule has 1 aromatic carbocycles. The summed E-state index contributed by atoms with van der Waals surface area (Å²) >= 11 is 0. The molecular formula is C12H16N2O2. The first-order valence-corrected chi connectivity index (χ1v) is 5.32. The van der Waals surface area contributed by atoms with E-state index in [4.69, 9.17) is 10.5 Å². The number of nitrogens with one attached hydrogen (secondary N) is 1. The molecule has 1 aromatic rings. The third-order valence-corrected chi connectivity index (χ3v) is 2.80. The molecule has 16 heavy (non-hydrogen) atoms. The van der Waals surface area contributed by atoms with Crippen molar-refractivity contribution in [1.82, 2.24) is 5.32 Å². The predicted octanol–water partition coefficient (Wildman–Crippen LogP) is 0.664. The van der Waals surface area contributed by atoms with E-state index in [0.717, 1.165) is 18.7 Å². The minimum absolute atomic E-state index is 0.0667. The van der Waals surface area contributed by atoms with Gasteiger partial charge in [0.15, 0.2) is 0 Å². The van der Waals surface area contributed by atoms with Crippen LogP contribution < -0.4 is 11.1 Å². The van der Waals surface area contributed by atoms with Crippen LogP contribution >= 0.6 is 0 Å². The van der Waals surface area contributed by atoms with Crippen molar-refractivity contribution in [2.24, 2.45) is 5.73 Å².